The van der Waals surface area contributed by atoms with Gasteiger partial charge in [-0.15, -0.1) is 11.6 Å². The number of halogens is 2. The molecule has 0 fully saturated rings. The first kappa shape index (κ1) is 16.1. The summed E-state index contributed by atoms with van der Waals surface area (Å²) in [5.41, 5.74) is 4.01. The maximum absolute atomic E-state index is 6.21. The monoisotopic (exact) mass is 346 g/mol. The van der Waals surface area contributed by atoms with Crippen LogP contribution in [0.3, 0.4) is 0 Å². The molecule has 0 aliphatic carbocycles. The molecule has 0 radical (unpaired) electrons. The molecule has 0 aliphatic heterocycles. The third-order valence-corrected chi connectivity index (χ3v) is 3.90. The van der Waals surface area contributed by atoms with Gasteiger partial charge in [0.1, 0.15) is 0 Å². The highest BCUT2D eigenvalue weighted by atomic mass is 35.5. The Labute approximate surface area is 145 Å². The summed E-state index contributed by atoms with van der Waals surface area (Å²) in [7, 11) is 0. The van der Waals surface area contributed by atoms with E-state index in [1.165, 1.54) is 0 Å². The van der Waals surface area contributed by atoms with Crippen molar-refractivity contribution >= 4 is 23.2 Å². The van der Waals surface area contributed by atoms with Crippen LogP contribution in [0.1, 0.15) is 16.7 Å². The average molecular weight is 347 g/mol. The first-order valence-electron chi connectivity index (χ1n) is 7.25. The number of alkyl halides is 1. The second kappa shape index (κ2) is 7.64. The summed E-state index contributed by atoms with van der Waals surface area (Å²) >= 11 is 12.0. The molecule has 3 rings (SSSR count). The van der Waals surface area contributed by atoms with Crippen LogP contribution in [0.25, 0.3) is 5.69 Å². The van der Waals surface area contributed by atoms with Crippen LogP contribution in [0.15, 0.2) is 60.9 Å². The first-order valence-corrected chi connectivity index (χ1v) is 8.17. The highest BCUT2D eigenvalue weighted by Crippen LogP contribution is 2.20. The average Bonchev–Trinajstić information content (AvgIpc) is 3.04. The van der Waals surface area contributed by atoms with Crippen molar-refractivity contribution < 1.29 is 4.74 Å². The smallest absolute Gasteiger partial charge is 0.0722 e. The molecule has 0 spiro atoms. The Morgan fingerprint density at radius 1 is 0.957 bits per heavy atom. The minimum atomic E-state index is 0.438. The van der Waals surface area contributed by atoms with Crippen molar-refractivity contribution in [2.24, 2.45) is 0 Å². The van der Waals surface area contributed by atoms with Gasteiger partial charge < -0.3 is 4.74 Å². The quantitative estimate of drug-likeness (QED) is 0.588. The van der Waals surface area contributed by atoms with E-state index in [0.29, 0.717) is 24.1 Å². The lowest BCUT2D eigenvalue weighted by Gasteiger charge is -2.08. The van der Waals surface area contributed by atoms with E-state index in [1.807, 2.05) is 54.7 Å². The Hall–Kier alpha value is -1.81. The van der Waals surface area contributed by atoms with Crippen molar-refractivity contribution in [3.63, 3.8) is 0 Å². The van der Waals surface area contributed by atoms with Gasteiger partial charge in [-0.25, -0.2) is 4.68 Å². The number of hydrogen-bond donors (Lipinski definition) is 0. The van der Waals surface area contributed by atoms with Crippen molar-refractivity contribution in [1.82, 2.24) is 9.78 Å². The van der Waals surface area contributed by atoms with Crippen molar-refractivity contribution in [3.05, 3.63) is 82.6 Å². The topological polar surface area (TPSA) is 27.1 Å². The Kier molecular flexibility index (Phi) is 5.34. The van der Waals surface area contributed by atoms with Gasteiger partial charge in [0.15, 0.2) is 0 Å². The molecular formula is C18H16Cl2N2O. The number of aromatic nitrogens is 2. The summed E-state index contributed by atoms with van der Waals surface area (Å²) in [6.07, 6.45) is 3.65. The van der Waals surface area contributed by atoms with Crippen LogP contribution in [0.4, 0.5) is 0 Å². The Morgan fingerprint density at radius 2 is 1.74 bits per heavy atom. The van der Waals surface area contributed by atoms with Gasteiger partial charge in [0, 0.05) is 16.8 Å². The standard InChI is InChI=1S/C18H16Cl2N2O/c19-9-16-10-21-22(11-16)18-7-15(6-17(20)8-18)13-23-12-14-4-2-1-3-5-14/h1-8,10-11H,9,12-13H2. The number of ether oxygens (including phenoxy) is 1. The molecular weight excluding hydrogens is 331 g/mol. The zero-order valence-corrected chi connectivity index (χ0v) is 14.0. The third-order valence-electron chi connectivity index (χ3n) is 3.38. The van der Waals surface area contributed by atoms with E-state index in [9.17, 15) is 0 Å². The summed E-state index contributed by atoms with van der Waals surface area (Å²) in [5, 5.41) is 4.96. The van der Waals surface area contributed by atoms with Crippen LogP contribution in [0.2, 0.25) is 5.02 Å². The second-order valence-electron chi connectivity index (χ2n) is 5.22. The van der Waals surface area contributed by atoms with E-state index in [4.69, 9.17) is 27.9 Å². The molecule has 2 aromatic carbocycles. The minimum Gasteiger partial charge on any atom is -0.372 e. The fourth-order valence-electron chi connectivity index (χ4n) is 2.28. The van der Waals surface area contributed by atoms with Gasteiger partial charge in [-0.05, 0) is 29.3 Å². The molecule has 0 N–H and O–H groups in total. The molecule has 0 unspecified atom stereocenters. The van der Waals surface area contributed by atoms with E-state index in [2.05, 4.69) is 5.10 Å². The fraction of sp³-hybridized carbons (Fsp3) is 0.167. The van der Waals surface area contributed by atoms with Crippen LogP contribution in [0.5, 0.6) is 0 Å². The van der Waals surface area contributed by atoms with Crippen molar-refractivity contribution in [2.75, 3.05) is 0 Å². The van der Waals surface area contributed by atoms with Gasteiger partial charge in [0.2, 0.25) is 0 Å². The molecule has 0 atom stereocenters. The number of nitrogens with zero attached hydrogens (tertiary/aromatic N) is 2. The molecule has 3 aromatic rings. The van der Waals surface area contributed by atoms with E-state index >= 15 is 0 Å². The molecule has 0 aliphatic rings. The van der Waals surface area contributed by atoms with Crippen molar-refractivity contribution in [2.45, 2.75) is 19.1 Å². The molecule has 1 aromatic heterocycles. The second-order valence-corrected chi connectivity index (χ2v) is 5.93. The van der Waals surface area contributed by atoms with Gasteiger partial charge in [-0.1, -0.05) is 41.9 Å². The lowest BCUT2D eigenvalue weighted by molar-refractivity contribution is 0.107. The highest BCUT2D eigenvalue weighted by Gasteiger charge is 2.05. The van der Waals surface area contributed by atoms with E-state index in [1.54, 1.807) is 10.9 Å². The fourth-order valence-corrected chi connectivity index (χ4v) is 2.67. The van der Waals surface area contributed by atoms with Crippen LogP contribution >= 0.6 is 23.2 Å². The Balaban J connectivity index is 1.70. The summed E-state index contributed by atoms with van der Waals surface area (Å²) < 4.78 is 7.54. The molecule has 23 heavy (non-hydrogen) atoms. The number of hydrogen-bond acceptors (Lipinski definition) is 2. The van der Waals surface area contributed by atoms with Crippen LogP contribution in [0, 0.1) is 0 Å². The molecule has 118 valence electrons. The predicted octanol–water partition coefficient (Wildman–Crippen LogP) is 4.98. The van der Waals surface area contributed by atoms with Crippen molar-refractivity contribution in [3.8, 4) is 5.69 Å². The molecule has 0 bridgehead atoms. The molecule has 0 amide bonds. The number of rotatable bonds is 6. The SMILES string of the molecule is ClCc1cnn(-c2cc(Cl)cc(COCc3ccccc3)c2)c1. The van der Waals surface area contributed by atoms with Crippen molar-refractivity contribution in [1.29, 1.82) is 0 Å². The largest absolute Gasteiger partial charge is 0.372 e. The van der Waals surface area contributed by atoms with Crippen LogP contribution in [-0.4, -0.2) is 9.78 Å². The lowest BCUT2D eigenvalue weighted by Crippen LogP contribution is -1.98. The maximum Gasteiger partial charge on any atom is 0.0722 e. The summed E-state index contributed by atoms with van der Waals surface area (Å²) in [6.45, 7) is 1.06. The summed E-state index contributed by atoms with van der Waals surface area (Å²) in [6, 6.07) is 15.9. The van der Waals surface area contributed by atoms with Gasteiger partial charge in [-0.3, -0.25) is 0 Å². The normalized spacial score (nSPS) is 10.9. The van der Waals surface area contributed by atoms with E-state index in [0.717, 1.165) is 22.4 Å². The molecule has 0 saturated carbocycles. The summed E-state index contributed by atoms with van der Waals surface area (Å²) in [4.78, 5) is 0. The third kappa shape index (κ3) is 4.35. The lowest BCUT2D eigenvalue weighted by atomic mass is 10.2. The van der Waals surface area contributed by atoms with Crippen LogP contribution < -0.4 is 0 Å². The van der Waals surface area contributed by atoms with Crippen LogP contribution in [-0.2, 0) is 23.8 Å². The van der Waals surface area contributed by atoms with Gasteiger partial charge >= 0.3 is 0 Å². The summed E-state index contributed by atoms with van der Waals surface area (Å²) in [5.74, 6) is 0.438. The molecule has 5 heteroatoms. The van der Waals surface area contributed by atoms with E-state index < -0.39 is 0 Å². The zero-order chi connectivity index (χ0) is 16.1. The van der Waals surface area contributed by atoms with Gasteiger partial charge in [0.05, 0.1) is 31.0 Å². The molecule has 1 heterocycles. The molecule has 0 saturated heterocycles. The Bertz CT molecular complexity index is 772. The van der Waals surface area contributed by atoms with E-state index in [-0.39, 0.29) is 0 Å². The highest BCUT2D eigenvalue weighted by molar-refractivity contribution is 6.30. The predicted molar refractivity (Wildman–Crippen MR) is 93.1 cm³/mol. The molecule has 3 nitrogen and oxygen atoms in total. The van der Waals surface area contributed by atoms with Gasteiger partial charge in [0.25, 0.3) is 0 Å². The maximum atomic E-state index is 6.21. The van der Waals surface area contributed by atoms with Gasteiger partial charge in [-0.2, -0.15) is 5.10 Å². The first-order chi connectivity index (χ1) is 11.2. The minimum absolute atomic E-state index is 0.438. The Morgan fingerprint density at radius 3 is 2.48 bits per heavy atom. The number of benzene rings is 2. The zero-order valence-electron chi connectivity index (χ0n) is 12.5.